The Hall–Kier alpha value is -1.32. The molecule has 156 valence electrons. The highest BCUT2D eigenvalue weighted by Gasteiger charge is 2.60. The highest BCUT2D eigenvalue weighted by atomic mass is 16.3. The molecule has 6 atom stereocenters. The Morgan fingerprint density at radius 3 is 2.43 bits per heavy atom. The second kappa shape index (κ2) is 6.34. The van der Waals surface area contributed by atoms with E-state index in [1.54, 1.807) is 0 Å². The Morgan fingerprint density at radius 2 is 1.75 bits per heavy atom. The van der Waals surface area contributed by atoms with Crippen molar-refractivity contribution in [3.63, 3.8) is 0 Å². The van der Waals surface area contributed by atoms with Gasteiger partial charge in [-0.1, -0.05) is 13.8 Å². The van der Waals surface area contributed by atoms with Gasteiger partial charge in [-0.2, -0.15) is 0 Å². The second-order valence-corrected chi connectivity index (χ2v) is 11.5. The van der Waals surface area contributed by atoms with Crippen LogP contribution in [0.3, 0.4) is 0 Å². The molecule has 3 unspecified atom stereocenters. The van der Waals surface area contributed by atoms with Gasteiger partial charge in [0, 0.05) is 17.9 Å². The van der Waals surface area contributed by atoms with Crippen molar-refractivity contribution < 1.29 is 14.7 Å². The van der Waals surface area contributed by atoms with Crippen LogP contribution < -0.4 is 5.32 Å². The van der Waals surface area contributed by atoms with Gasteiger partial charge in [-0.25, -0.2) is 0 Å². The molecule has 4 rings (SSSR count). The fraction of sp³-hybridized carbons (Fsp3) is 0.833. The fourth-order valence-corrected chi connectivity index (χ4v) is 7.57. The smallest absolute Gasteiger partial charge is 0.224 e. The number of rotatable bonds is 1. The average molecular weight is 388 g/mol. The van der Waals surface area contributed by atoms with Crippen LogP contribution in [0, 0.1) is 34.5 Å². The summed E-state index contributed by atoms with van der Waals surface area (Å²) in [7, 11) is 0. The first-order chi connectivity index (χ1) is 13.0. The molecule has 0 aromatic rings. The van der Waals surface area contributed by atoms with Crippen molar-refractivity contribution in [3.8, 4) is 0 Å². The maximum absolute atomic E-state index is 13.1. The summed E-state index contributed by atoms with van der Waals surface area (Å²) in [5, 5.41) is 13.7. The Labute approximate surface area is 169 Å². The first-order valence-corrected chi connectivity index (χ1v) is 11.3. The summed E-state index contributed by atoms with van der Waals surface area (Å²) in [5.74, 6) is 2.10. The van der Waals surface area contributed by atoms with E-state index < -0.39 is 0 Å². The molecule has 3 saturated carbocycles. The first kappa shape index (κ1) is 20.0. The van der Waals surface area contributed by atoms with Crippen LogP contribution in [0.5, 0.6) is 0 Å². The zero-order chi connectivity index (χ0) is 20.5. The van der Waals surface area contributed by atoms with Crippen LogP contribution in [0.1, 0.15) is 86.0 Å². The Morgan fingerprint density at radius 1 is 1.04 bits per heavy atom. The molecule has 0 aliphatic heterocycles. The van der Waals surface area contributed by atoms with E-state index in [9.17, 15) is 14.7 Å². The van der Waals surface area contributed by atoms with Crippen LogP contribution in [0.2, 0.25) is 0 Å². The van der Waals surface area contributed by atoms with Crippen LogP contribution in [-0.2, 0) is 9.59 Å². The van der Waals surface area contributed by atoms with Crippen molar-refractivity contribution in [2.24, 2.45) is 34.5 Å². The van der Waals surface area contributed by atoms with Crippen LogP contribution >= 0.6 is 0 Å². The number of hydrogen-bond donors (Lipinski definition) is 2. The average Bonchev–Trinajstić information content (AvgIpc) is 2.94. The number of carbonyl (C=O) groups is 2. The molecular formula is C24H37NO3. The highest BCUT2D eigenvalue weighted by Crippen LogP contribution is 2.66. The van der Waals surface area contributed by atoms with E-state index in [1.807, 2.05) is 0 Å². The molecule has 4 aliphatic rings. The summed E-state index contributed by atoms with van der Waals surface area (Å²) >= 11 is 0. The predicted octanol–water partition coefficient (Wildman–Crippen LogP) is 4.93. The number of nitrogens with one attached hydrogen (secondary N) is 1. The fourth-order valence-electron chi connectivity index (χ4n) is 7.57. The first-order valence-electron chi connectivity index (χ1n) is 11.3. The Bertz CT molecular complexity index is 733. The Balaban J connectivity index is 1.61. The molecule has 0 heterocycles. The third-order valence-electron chi connectivity index (χ3n) is 8.91. The predicted molar refractivity (Wildman–Crippen MR) is 110 cm³/mol. The van der Waals surface area contributed by atoms with E-state index >= 15 is 0 Å². The minimum absolute atomic E-state index is 0.0337. The SMILES string of the molecule is CC(C)(C)NC(=O)[C@H]1CCC2C3CCC4=C(O)C(=O)CC[C@]4(C)C3CC[C@@]21C. The van der Waals surface area contributed by atoms with Crippen molar-refractivity contribution in [3.05, 3.63) is 11.3 Å². The second-order valence-electron chi connectivity index (χ2n) is 11.5. The number of fused-ring (bicyclic) bond motifs is 5. The zero-order valence-corrected chi connectivity index (χ0v) is 18.2. The molecule has 0 spiro atoms. The summed E-state index contributed by atoms with van der Waals surface area (Å²) in [6.45, 7) is 10.8. The van der Waals surface area contributed by atoms with E-state index in [-0.39, 0.29) is 39.7 Å². The molecule has 28 heavy (non-hydrogen) atoms. The summed E-state index contributed by atoms with van der Waals surface area (Å²) in [6.07, 6.45) is 7.59. The standard InChI is InChI=1S/C24H37NO3/c1-22(2,3)25-21(28)18-9-8-15-14-6-7-17-20(27)19(26)11-13-23(17,4)16(14)10-12-24(15,18)5/h14-16,18,27H,6-13H2,1-5H3,(H,25,28)/t14?,15?,16?,18-,23-,24+/m1/s1. The van der Waals surface area contributed by atoms with Gasteiger partial charge in [0.05, 0.1) is 0 Å². The number of aliphatic hydroxyl groups is 1. The molecule has 0 saturated heterocycles. The minimum Gasteiger partial charge on any atom is -0.504 e. The van der Waals surface area contributed by atoms with E-state index in [1.165, 1.54) is 0 Å². The lowest BCUT2D eigenvalue weighted by molar-refractivity contribution is -0.134. The monoisotopic (exact) mass is 387 g/mol. The van der Waals surface area contributed by atoms with Crippen LogP contribution in [-0.4, -0.2) is 22.3 Å². The summed E-state index contributed by atoms with van der Waals surface area (Å²) in [6, 6.07) is 0. The van der Waals surface area contributed by atoms with Crippen LogP contribution in [0.4, 0.5) is 0 Å². The van der Waals surface area contributed by atoms with E-state index in [0.29, 0.717) is 24.2 Å². The van der Waals surface area contributed by atoms with Gasteiger partial charge in [0.15, 0.2) is 11.5 Å². The lowest BCUT2D eigenvalue weighted by atomic mass is 9.46. The molecule has 0 bridgehead atoms. The van der Waals surface area contributed by atoms with Gasteiger partial charge in [0.2, 0.25) is 5.91 Å². The number of hydrogen-bond acceptors (Lipinski definition) is 3. The lowest BCUT2D eigenvalue weighted by Crippen LogP contribution is -2.53. The van der Waals surface area contributed by atoms with Crippen molar-refractivity contribution in [2.45, 2.75) is 91.5 Å². The molecule has 0 aromatic carbocycles. The third-order valence-corrected chi connectivity index (χ3v) is 8.91. The number of amides is 1. The van der Waals surface area contributed by atoms with Crippen molar-refractivity contribution in [2.75, 3.05) is 0 Å². The molecule has 2 N–H and O–H groups in total. The van der Waals surface area contributed by atoms with Crippen LogP contribution in [0.15, 0.2) is 11.3 Å². The number of ketones is 1. The van der Waals surface area contributed by atoms with Crippen LogP contribution in [0.25, 0.3) is 0 Å². The van der Waals surface area contributed by atoms with Gasteiger partial charge in [-0.15, -0.1) is 0 Å². The number of Topliss-reactive ketones (excluding diaryl/α,β-unsaturated/α-hetero) is 1. The summed E-state index contributed by atoms with van der Waals surface area (Å²) in [5.41, 5.74) is 0.898. The minimum atomic E-state index is -0.188. The molecule has 4 heteroatoms. The molecule has 1 amide bonds. The number of allylic oxidation sites excluding steroid dienone is 1. The maximum Gasteiger partial charge on any atom is 0.224 e. The van der Waals surface area contributed by atoms with E-state index in [4.69, 9.17) is 0 Å². The van der Waals surface area contributed by atoms with E-state index in [0.717, 1.165) is 50.5 Å². The van der Waals surface area contributed by atoms with E-state index in [2.05, 4.69) is 39.9 Å². The van der Waals surface area contributed by atoms with Crippen molar-refractivity contribution in [1.82, 2.24) is 5.32 Å². The van der Waals surface area contributed by atoms with Gasteiger partial charge in [-0.05, 0) is 99.9 Å². The zero-order valence-electron chi connectivity index (χ0n) is 18.2. The topological polar surface area (TPSA) is 66.4 Å². The highest BCUT2D eigenvalue weighted by molar-refractivity contribution is 5.95. The summed E-state index contributed by atoms with van der Waals surface area (Å²) in [4.78, 5) is 25.1. The number of aliphatic hydroxyl groups excluding tert-OH is 1. The van der Waals surface area contributed by atoms with Crippen molar-refractivity contribution in [1.29, 1.82) is 0 Å². The van der Waals surface area contributed by atoms with Crippen molar-refractivity contribution >= 4 is 11.7 Å². The molecule has 4 aliphatic carbocycles. The quantitative estimate of drug-likeness (QED) is 0.670. The molecule has 3 fully saturated rings. The number of carbonyl (C=O) groups excluding carboxylic acids is 2. The molecule has 0 aromatic heterocycles. The summed E-state index contributed by atoms with van der Waals surface area (Å²) < 4.78 is 0. The van der Waals surface area contributed by atoms with Gasteiger partial charge >= 0.3 is 0 Å². The maximum atomic E-state index is 13.1. The molecular weight excluding hydrogens is 350 g/mol. The Kier molecular flexibility index (Phi) is 4.52. The lowest BCUT2D eigenvalue weighted by Gasteiger charge is -2.58. The van der Waals surface area contributed by atoms with Gasteiger partial charge in [-0.3, -0.25) is 9.59 Å². The largest absolute Gasteiger partial charge is 0.504 e. The van der Waals surface area contributed by atoms with Gasteiger partial charge in [0.1, 0.15) is 0 Å². The third kappa shape index (κ3) is 2.85. The van der Waals surface area contributed by atoms with Gasteiger partial charge < -0.3 is 10.4 Å². The van der Waals surface area contributed by atoms with Gasteiger partial charge in [0.25, 0.3) is 0 Å². The molecule has 0 radical (unpaired) electrons. The normalized spacial score (nSPS) is 43.2. The molecule has 4 nitrogen and oxygen atoms in total.